The second-order valence-electron chi connectivity index (χ2n) is 2.72. The summed E-state index contributed by atoms with van der Waals surface area (Å²) in [7, 11) is 0. The Morgan fingerprint density at radius 2 is 1.93 bits per heavy atom. The van der Waals surface area contributed by atoms with Gasteiger partial charge in [-0.05, 0) is 13.8 Å². The van der Waals surface area contributed by atoms with Crippen LogP contribution in [-0.2, 0) is 0 Å². The summed E-state index contributed by atoms with van der Waals surface area (Å²) in [6.07, 6.45) is 1.71. The number of hydrogen-bond donors (Lipinski definition) is 1. The molecule has 0 spiro atoms. The summed E-state index contributed by atoms with van der Waals surface area (Å²) in [5.74, 6) is 1.15. The number of hydrazine groups is 1. The number of amidine groups is 1. The first-order valence-electron chi connectivity index (χ1n) is 4.48. The fourth-order valence-corrected chi connectivity index (χ4v) is 1.30. The molecule has 5 nitrogen and oxygen atoms in total. The van der Waals surface area contributed by atoms with Crippen LogP contribution in [0.25, 0.3) is 0 Å². The molecule has 8 heteroatoms. The van der Waals surface area contributed by atoms with Gasteiger partial charge in [0, 0.05) is 42.7 Å². The lowest BCUT2D eigenvalue weighted by Gasteiger charge is -2.27. The van der Waals surface area contributed by atoms with Crippen molar-refractivity contribution in [1.82, 2.24) is 18.9 Å². The first-order chi connectivity index (χ1) is 7.08. The van der Waals surface area contributed by atoms with Gasteiger partial charge in [-0.1, -0.05) is 0 Å². The molecular weight excluding hydrogens is 260 g/mol. The molecule has 1 aliphatic rings. The largest absolute Gasteiger partial charge is 0.269 e. The van der Waals surface area contributed by atoms with E-state index in [1.54, 1.807) is 6.08 Å². The van der Waals surface area contributed by atoms with E-state index in [4.69, 9.17) is 35.3 Å². The summed E-state index contributed by atoms with van der Waals surface area (Å²) < 4.78 is 3.96. The molecule has 0 saturated carbocycles. The molecule has 1 aliphatic heterocycles. The van der Waals surface area contributed by atoms with Gasteiger partial charge in [-0.15, -0.1) is 9.74 Å². The lowest BCUT2D eigenvalue weighted by atomic mass is 10.4. The third-order valence-electron chi connectivity index (χ3n) is 1.73. The molecule has 0 fully saturated rings. The van der Waals surface area contributed by atoms with Gasteiger partial charge in [0.05, 0.1) is 11.8 Å². The van der Waals surface area contributed by atoms with Gasteiger partial charge < -0.3 is 0 Å². The van der Waals surface area contributed by atoms with Gasteiger partial charge in [-0.3, -0.25) is 14.3 Å². The van der Waals surface area contributed by atoms with Gasteiger partial charge in [0.25, 0.3) is 0 Å². The molecular formula is C7H12Cl3N5. The van der Waals surface area contributed by atoms with Crippen molar-refractivity contribution in [3.8, 4) is 0 Å². The topological polar surface area (TPSA) is 34.1 Å². The van der Waals surface area contributed by atoms with E-state index in [1.807, 2.05) is 13.8 Å². The van der Waals surface area contributed by atoms with Crippen LogP contribution in [0.1, 0.15) is 13.8 Å². The van der Waals surface area contributed by atoms with Crippen LogP contribution in [0.5, 0.6) is 0 Å². The van der Waals surface area contributed by atoms with Crippen molar-refractivity contribution in [2.45, 2.75) is 13.8 Å². The Hall–Kier alpha value is -0.520. The van der Waals surface area contributed by atoms with Crippen LogP contribution in [-0.4, -0.2) is 32.4 Å². The van der Waals surface area contributed by atoms with Gasteiger partial charge in [0.2, 0.25) is 0 Å². The summed E-state index contributed by atoms with van der Waals surface area (Å²) in [4.78, 5) is 0. The van der Waals surface area contributed by atoms with Crippen molar-refractivity contribution in [3.63, 3.8) is 0 Å². The molecule has 1 heterocycles. The van der Waals surface area contributed by atoms with Crippen molar-refractivity contribution >= 4 is 41.2 Å². The molecule has 0 atom stereocenters. The number of halogens is 3. The van der Waals surface area contributed by atoms with Gasteiger partial charge in [0.1, 0.15) is 5.82 Å². The molecule has 0 radical (unpaired) electrons. The van der Waals surface area contributed by atoms with Gasteiger partial charge in [0.15, 0.2) is 5.84 Å². The van der Waals surface area contributed by atoms with Crippen molar-refractivity contribution in [2.75, 3.05) is 13.1 Å². The van der Waals surface area contributed by atoms with E-state index < -0.39 is 0 Å². The van der Waals surface area contributed by atoms with Crippen LogP contribution in [0.3, 0.4) is 0 Å². The molecule has 15 heavy (non-hydrogen) atoms. The highest BCUT2D eigenvalue weighted by Gasteiger charge is 2.17. The third kappa shape index (κ3) is 3.22. The summed E-state index contributed by atoms with van der Waals surface area (Å²) >= 11 is 17.6. The maximum Gasteiger partial charge on any atom is 0.170 e. The number of hydrogen-bond acceptors (Lipinski definition) is 5. The molecule has 0 aliphatic carbocycles. The average Bonchev–Trinajstić information content (AvgIpc) is 2.26. The lowest BCUT2D eigenvalue weighted by Crippen LogP contribution is -2.38. The first-order valence-corrected chi connectivity index (χ1v) is 5.49. The molecule has 0 amide bonds. The predicted octanol–water partition coefficient (Wildman–Crippen LogP) is 2.07. The highest BCUT2D eigenvalue weighted by Crippen LogP contribution is 2.14. The zero-order valence-electron chi connectivity index (χ0n) is 8.41. The normalized spacial score (nSPS) is 15.4. The minimum absolute atomic E-state index is 0.530. The zero-order chi connectivity index (χ0) is 11.4. The number of nitrogens with zero attached hydrogens (tertiary/aromatic N) is 4. The maximum atomic E-state index is 5.92. The number of likely N-dealkylation sites (N-methyl/N-ethyl adjacent to an activating group) is 1. The Morgan fingerprint density at radius 3 is 2.47 bits per heavy atom. The van der Waals surface area contributed by atoms with Crippen LogP contribution >= 0.6 is 35.3 Å². The fraction of sp³-hybridized carbons (Fsp3) is 0.571. The molecule has 1 rings (SSSR count). The molecule has 86 valence electrons. The van der Waals surface area contributed by atoms with Crippen molar-refractivity contribution in [1.29, 1.82) is 0 Å². The molecule has 0 unspecified atom stereocenters. The quantitative estimate of drug-likeness (QED) is 0.798. The lowest BCUT2D eigenvalue weighted by molar-refractivity contribution is 0.335. The predicted molar refractivity (Wildman–Crippen MR) is 62.8 cm³/mol. The second kappa shape index (κ2) is 5.53. The van der Waals surface area contributed by atoms with E-state index in [0.29, 0.717) is 24.7 Å². The van der Waals surface area contributed by atoms with Crippen molar-refractivity contribution in [3.05, 3.63) is 11.9 Å². The van der Waals surface area contributed by atoms with Crippen LogP contribution in [0, 0.1) is 0 Å². The first kappa shape index (κ1) is 12.5. The van der Waals surface area contributed by atoms with Crippen molar-refractivity contribution in [2.24, 2.45) is 5.10 Å². The Morgan fingerprint density at radius 1 is 1.33 bits per heavy atom. The molecule has 0 aromatic rings. The molecule has 0 aromatic carbocycles. The minimum Gasteiger partial charge on any atom is -0.269 e. The molecule has 0 saturated heterocycles. The monoisotopic (exact) mass is 271 g/mol. The average molecular weight is 273 g/mol. The van der Waals surface area contributed by atoms with E-state index in [9.17, 15) is 0 Å². The summed E-state index contributed by atoms with van der Waals surface area (Å²) in [5, 5.41) is 3.96. The fourth-order valence-electron chi connectivity index (χ4n) is 0.968. The van der Waals surface area contributed by atoms with Crippen LogP contribution in [0.2, 0.25) is 0 Å². The molecule has 1 N–H and O–H groups in total. The Labute approximate surface area is 104 Å². The van der Waals surface area contributed by atoms with Gasteiger partial charge >= 0.3 is 0 Å². The summed E-state index contributed by atoms with van der Waals surface area (Å²) in [6.45, 7) is 5.07. The smallest absolute Gasteiger partial charge is 0.170 e. The standard InChI is InChI=1S/C7H12Cl3N5/c1-3-13(8)6-5-7(14(9)4-2)12-15(10)11-6/h5,11H,3-4H2,1-2H3. The van der Waals surface area contributed by atoms with E-state index >= 15 is 0 Å². The number of nitrogens with one attached hydrogen (secondary N) is 1. The Balaban J connectivity index is 2.83. The SMILES string of the molecule is CCN(Cl)C1=CC(N(Cl)CC)=NN(Cl)N1. The van der Waals surface area contributed by atoms with Gasteiger partial charge in [-0.25, -0.2) is 0 Å². The zero-order valence-corrected chi connectivity index (χ0v) is 10.7. The van der Waals surface area contributed by atoms with Crippen molar-refractivity contribution < 1.29 is 0 Å². The van der Waals surface area contributed by atoms with Crippen LogP contribution < -0.4 is 5.43 Å². The summed E-state index contributed by atoms with van der Waals surface area (Å²) in [6, 6.07) is 0. The van der Waals surface area contributed by atoms with Gasteiger partial charge in [-0.2, -0.15) is 0 Å². The second-order valence-corrected chi connectivity index (χ2v) is 3.85. The van der Waals surface area contributed by atoms with Crippen LogP contribution in [0.4, 0.5) is 0 Å². The number of hydrazone groups is 1. The maximum absolute atomic E-state index is 5.92. The number of rotatable bonds is 3. The van der Waals surface area contributed by atoms with E-state index in [2.05, 4.69) is 10.5 Å². The van der Waals surface area contributed by atoms with E-state index in [-0.39, 0.29) is 0 Å². The molecule has 0 aromatic heterocycles. The highest BCUT2D eigenvalue weighted by molar-refractivity contribution is 6.25. The molecule has 0 bridgehead atoms. The van der Waals surface area contributed by atoms with E-state index in [0.717, 1.165) is 4.64 Å². The van der Waals surface area contributed by atoms with Crippen LogP contribution in [0.15, 0.2) is 17.0 Å². The third-order valence-corrected chi connectivity index (χ3v) is 2.72. The summed E-state index contributed by atoms with van der Waals surface area (Å²) in [5.41, 5.74) is 2.76. The Kier molecular flexibility index (Phi) is 4.63. The Bertz CT molecular complexity index is 280. The highest BCUT2D eigenvalue weighted by atomic mass is 35.5. The minimum atomic E-state index is 0.530. The van der Waals surface area contributed by atoms with E-state index in [1.165, 1.54) is 8.84 Å².